The Balaban J connectivity index is 1.95. The minimum absolute atomic E-state index is 0.252. The molecule has 33 heavy (non-hydrogen) atoms. The first kappa shape index (κ1) is 25.3. The highest BCUT2D eigenvalue weighted by atomic mass is 16.5. The Labute approximate surface area is 203 Å². The van der Waals surface area contributed by atoms with Crippen LogP contribution in [0.5, 0.6) is 11.5 Å². The predicted molar refractivity (Wildman–Crippen MR) is 139 cm³/mol. The van der Waals surface area contributed by atoms with Gasteiger partial charge >= 0.3 is 5.97 Å². The minimum Gasteiger partial charge on any atom is -0.487 e. The number of ether oxygens (including phenoxy) is 2. The van der Waals surface area contributed by atoms with E-state index in [0.29, 0.717) is 5.75 Å². The van der Waals surface area contributed by atoms with Crippen molar-refractivity contribution >= 4 is 5.97 Å². The molecule has 0 aromatic heterocycles. The van der Waals surface area contributed by atoms with Gasteiger partial charge in [-0.25, -0.2) is 0 Å². The van der Waals surface area contributed by atoms with Crippen LogP contribution in [0.25, 0.3) is 0 Å². The van der Waals surface area contributed by atoms with Crippen molar-refractivity contribution in [3.63, 3.8) is 0 Å². The lowest BCUT2D eigenvalue weighted by Crippen LogP contribution is -2.36. The van der Waals surface area contributed by atoms with E-state index in [2.05, 4.69) is 52.8 Å². The lowest BCUT2D eigenvalue weighted by atomic mass is 9.86. The smallest absolute Gasteiger partial charge is 0.308 e. The lowest BCUT2D eigenvalue weighted by molar-refractivity contribution is -0.131. The molecule has 0 aliphatic carbocycles. The second-order valence-corrected chi connectivity index (χ2v) is 10.2. The van der Waals surface area contributed by atoms with E-state index in [1.165, 1.54) is 23.6 Å². The Morgan fingerprint density at radius 1 is 1.03 bits per heavy atom. The Bertz CT molecular complexity index is 979. The van der Waals surface area contributed by atoms with Gasteiger partial charge in [-0.3, -0.25) is 4.79 Å². The van der Waals surface area contributed by atoms with Crippen LogP contribution < -0.4 is 9.47 Å². The summed E-state index contributed by atoms with van der Waals surface area (Å²) < 4.78 is 20.4. The predicted octanol–water partition coefficient (Wildman–Crippen LogP) is 8.51. The van der Waals surface area contributed by atoms with Crippen LogP contribution in [0.2, 0.25) is 0 Å². The molecule has 3 nitrogen and oxygen atoms in total. The number of allylic oxidation sites excluding steroid dienone is 6. The van der Waals surface area contributed by atoms with Crippen LogP contribution in [0, 0.1) is 13.8 Å². The third kappa shape index (κ3) is 8.53. The van der Waals surface area contributed by atoms with E-state index in [1.54, 1.807) is 0 Å². The molecule has 0 saturated heterocycles. The zero-order chi connectivity index (χ0) is 25.5. The minimum atomic E-state index is -0.394. The maximum Gasteiger partial charge on any atom is 0.308 e. The van der Waals surface area contributed by atoms with Crippen molar-refractivity contribution in [2.45, 2.75) is 112 Å². The summed E-state index contributed by atoms with van der Waals surface area (Å²) in [5, 5.41) is 0. The third-order valence-electron chi connectivity index (χ3n) is 6.57. The van der Waals surface area contributed by atoms with Gasteiger partial charge < -0.3 is 9.47 Å². The number of carbonyl (C=O) groups is 1. The molecule has 0 spiro atoms. The molecule has 0 saturated carbocycles. The molecule has 0 unspecified atom stereocenters. The van der Waals surface area contributed by atoms with Gasteiger partial charge in [0, 0.05) is 6.92 Å². The van der Waals surface area contributed by atoms with E-state index in [4.69, 9.17) is 10.8 Å². The van der Waals surface area contributed by atoms with Gasteiger partial charge in [-0.1, -0.05) is 34.9 Å². The Hall–Kier alpha value is -2.29. The second kappa shape index (κ2) is 12.3. The summed E-state index contributed by atoms with van der Waals surface area (Å²) in [5.41, 5.74) is 6.67. The number of carbonyl (C=O) groups excluding carboxylic acids is 1. The van der Waals surface area contributed by atoms with Crippen molar-refractivity contribution in [1.82, 2.24) is 0 Å². The molecule has 0 fully saturated rings. The molecule has 1 aromatic carbocycles. The summed E-state index contributed by atoms with van der Waals surface area (Å²) >= 11 is 0. The topological polar surface area (TPSA) is 35.5 Å². The fraction of sp³-hybridized carbons (Fsp3) is 0.567. The summed E-state index contributed by atoms with van der Waals surface area (Å²) in [6.07, 6.45) is 15.1. The average molecular weight is 454 g/mol. The molecule has 1 aliphatic rings. The van der Waals surface area contributed by atoms with Crippen molar-refractivity contribution in [2.75, 3.05) is 0 Å². The fourth-order valence-electron chi connectivity index (χ4n) is 4.24. The van der Waals surface area contributed by atoms with Crippen LogP contribution in [0.1, 0.15) is 105 Å². The van der Waals surface area contributed by atoms with E-state index >= 15 is 0 Å². The zero-order valence-corrected chi connectivity index (χ0v) is 22.1. The molecule has 3 heteroatoms. The highest BCUT2D eigenvalue weighted by Crippen LogP contribution is 2.42. The van der Waals surface area contributed by atoms with E-state index in [9.17, 15) is 4.79 Å². The maximum atomic E-state index is 11.5. The number of hydrogen-bond acceptors (Lipinski definition) is 3. The van der Waals surface area contributed by atoms with Crippen LogP contribution in [0.3, 0.4) is 0 Å². The first-order valence-electron chi connectivity index (χ1n) is 12.9. The molecule has 1 aromatic rings. The van der Waals surface area contributed by atoms with Gasteiger partial charge in [-0.05, 0) is 123 Å². The van der Waals surface area contributed by atoms with Gasteiger partial charge in [0.15, 0.2) is 0 Å². The van der Waals surface area contributed by atoms with E-state index in [0.717, 1.165) is 73.8 Å². The second-order valence-electron chi connectivity index (χ2n) is 10.2. The standard InChI is InChI=1S/C30H44O3/c1-21(2)12-9-13-22(3)14-10-15-23(4)16-11-18-30(8)19-17-27-20-28(32-26(7)31)24(5)25(6)29(27)33-30/h12,14,16,20H,9-11,13,15,17-19H2,1-8H3/b22-14+,23-16+/t30-/m1/s1/i20D. The number of fused-ring (bicyclic) bond motifs is 1. The van der Waals surface area contributed by atoms with Gasteiger partial charge in [0.05, 0.1) is 1.37 Å². The van der Waals surface area contributed by atoms with Gasteiger partial charge in [-0.2, -0.15) is 0 Å². The monoisotopic (exact) mass is 453 g/mol. The SMILES string of the molecule is [2H]c1c2c(c(C)c(C)c1OC(C)=O)O[C@](C)(CC/C=C(\C)CC/C=C(\C)CCC=C(C)C)CC2. The Kier molecular flexibility index (Phi) is 9.41. The summed E-state index contributed by atoms with van der Waals surface area (Å²) in [6.45, 7) is 16.2. The van der Waals surface area contributed by atoms with Crippen LogP contribution in [0.4, 0.5) is 0 Å². The average Bonchev–Trinajstić information content (AvgIpc) is 2.74. The van der Waals surface area contributed by atoms with E-state index < -0.39 is 5.97 Å². The number of esters is 1. The lowest BCUT2D eigenvalue weighted by Gasteiger charge is -2.37. The first-order valence-corrected chi connectivity index (χ1v) is 12.4. The van der Waals surface area contributed by atoms with Gasteiger partial charge in [0.1, 0.15) is 17.1 Å². The first-order chi connectivity index (χ1) is 15.9. The van der Waals surface area contributed by atoms with Crippen LogP contribution in [-0.4, -0.2) is 11.6 Å². The van der Waals surface area contributed by atoms with Crippen molar-refractivity contribution in [3.8, 4) is 11.5 Å². The molecular weight excluding hydrogens is 408 g/mol. The number of benzene rings is 1. The van der Waals surface area contributed by atoms with E-state index in [-0.39, 0.29) is 11.6 Å². The summed E-state index contributed by atoms with van der Waals surface area (Å²) in [5.74, 6) is 0.784. The molecule has 1 aliphatic heterocycles. The molecular formula is C30H44O3. The Morgan fingerprint density at radius 2 is 1.64 bits per heavy atom. The highest BCUT2D eigenvalue weighted by Gasteiger charge is 2.33. The highest BCUT2D eigenvalue weighted by molar-refractivity contribution is 5.70. The number of hydrogen-bond donors (Lipinski definition) is 0. The molecule has 1 heterocycles. The molecule has 2 rings (SSSR count). The van der Waals surface area contributed by atoms with Gasteiger partial charge in [0.2, 0.25) is 0 Å². The summed E-state index contributed by atoms with van der Waals surface area (Å²) in [7, 11) is 0. The van der Waals surface area contributed by atoms with Gasteiger partial charge in [-0.15, -0.1) is 0 Å². The quantitative estimate of drug-likeness (QED) is 0.202. The molecule has 0 amide bonds. The third-order valence-corrected chi connectivity index (χ3v) is 6.57. The Morgan fingerprint density at radius 3 is 2.24 bits per heavy atom. The normalized spacial score (nSPS) is 18.8. The number of rotatable bonds is 10. The summed E-state index contributed by atoms with van der Waals surface area (Å²) in [4.78, 5) is 11.5. The molecule has 0 radical (unpaired) electrons. The van der Waals surface area contributed by atoms with Gasteiger partial charge in [0.25, 0.3) is 0 Å². The largest absolute Gasteiger partial charge is 0.487 e. The molecule has 1 atom stereocenters. The maximum absolute atomic E-state index is 11.5. The van der Waals surface area contributed by atoms with Crippen molar-refractivity contribution in [1.29, 1.82) is 0 Å². The van der Waals surface area contributed by atoms with Crippen LogP contribution in [-0.2, 0) is 11.2 Å². The van der Waals surface area contributed by atoms with Crippen molar-refractivity contribution < 1.29 is 15.6 Å². The molecule has 0 bridgehead atoms. The zero-order valence-electron chi connectivity index (χ0n) is 23.1. The molecule has 182 valence electrons. The van der Waals surface area contributed by atoms with Crippen molar-refractivity contribution in [2.24, 2.45) is 0 Å². The van der Waals surface area contributed by atoms with Crippen LogP contribution in [0.15, 0.2) is 41.0 Å². The summed E-state index contributed by atoms with van der Waals surface area (Å²) in [6, 6.07) is 0.287. The fourth-order valence-corrected chi connectivity index (χ4v) is 4.24. The molecule has 0 N–H and O–H groups in total. The van der Waals surface area contributed by atoms with E-state index in [1.807, 2.05) is 13.8 Å². The van der Waals surface area contributed by atoms with Crippen molar-refractivity contribution in [3.05, 3.63) is 57.7 Å². The van der Waals surface area contributed by atoms with Crippen LogP contribution >= 0.6 is 0 Å².